The summed E-state index contributed by atoms with van der Waals surface area (Å²) in [5, 5.41) is 0. The predicted molar refractivity (Wildman–Crippen MR) is 102 cm³/mol. The van der Waals surface area contributed by atoms with E-state index in [1.807, 2.05) is 12.1 Å². The van der Waals surface area contributed by atoms with Crippen molar-refractivity contribution in [2.75, 3.05) is 6.61 Å². The monoisotopic (exact) mass is 350 g/mol. The van der Waals surface area contributed by atoms with E-state index >= 15 is 0 Å². The Morgan fingerprint density at radius 2 is 1.54 bits per heavy atom. The van der Waals surface area contributed by atoms with E-state index in [-0.39, 0.29) is 23.6 Å². The molecule has 0 saturated heterocycles. The Kier molecular flexibility index (Phi) is 6.21. The number of carbonyl (C=O) groups excluding carboxylic acids is 2. The second-order valence-electron chi connectivity index (χ2n) is 6.93. The summed E-state index contributed by atoms with van der Waals surface area (Å²) in [6, 6.07) is 20.9. The number of hydrogen-bond donors (Lipinski definition) is 0. The van der Waals surface area contributed by atoms with E-state index in [0.29, 0.717) is 25.4 Å². The minimum Gasteiger partial charge on any atom is -0.466 e. The number of ketones is 1. The van der Waals surface area contributed by atoms with Gasteiger partial charge in [-0.15, -0.1) is 0 Å². The van der Waals surface area contributed by atoms with Gasteiger partial charge in [-0.25, -0.2) is 0 Å². The Bertz CT molecular complexity index is 684. The quantitative estimate of drug-likeness (QED) is 0.613. The van der Waals surface area contributed by atoms with E-state index in [0.717, 1.165) is 12.8 Å². The average molecular weight is 350 g/mol. The lowest BCUT2D eigenvalue weighted by Crippen LogP contribution is -2.12. The predicted octanol–water partition coefficient (Wildman–Crippen LogP) is 4.76. The van der Waals surface area contributed by atoms with Crippen LogP contribution in [-0.4, -0.2) is 18.4 Å². The fourth-order valence-electron chi connectivity index (χ4n) is 3.62. The molecule has 2 atom stereocenters. The number of benzene rings is 2. The molecule has 1 aliphatic carbocycles. The third-order valence-electron chi connectivity index (χ3n) is 5.11. The van der Waals surface area contributed by atoms with Crippen LogP contribution in [0.5, 0.6) is 0 Å². The standard InChI is InChI=1S/C23H26O3/c1-2-26-23(25)21-16-20(21)22(24)15-9-14-19(17-10-5-3-6-11-17)18-12-7-4-8-13-18/h3-8,10-13,19-21H,2,9,14-16H2,1H3/t20-,21-/m0/s1. The van der Waals surface area contributed by atoms with Crippen LogP contribution in [0.1, 0.15) is 49.7 Å². The summed E-state index contributed by atoms with van der Waals surface area (Å²) in [7, 11) is 0. The molecule has 1 fully saturated rings. The van der Waals surface area contributed by atoms with Crippen molar-refractivity contribution in [3.63, 3.8) is 0 Å². The lowest BCUT2D eigenvalue weighted by Gasteiger charge is -2.18. The lowest BCUT2D eigenvalue weighted by molar-refractivity contribution is -0.145. The molecule has 0 heterocycles. The maximum Gasteiger partial charge on any atom is 0.309 e. The summed E-state index contributed by atoms with van der Waals surface area (Å²) in [5.41, 5.74) is 2.56. The molecule has 136 valence electrons. The number of carbonyl (C=O) groups is 2. The highest BCUT2D eigenvalue weighted by Gasteiger charge is 2.48. The van der Waals surface area contributed by atoms with Crippen LogP contribution < -0.4 is 0 Å². The minimum atomic E-state index is -0.211. The van der Waals surface area contributed by atoms with E-state index in [4.69, 9.17) is 4.74 Å². The smallest absolute Gasteiger partial charge is 0.309 e. The molecule has 2 aromatic rings. The molecule has 0 radical (unpaired) electrons. The first-order valence-electron chi connectivity index (χ1n) is 9.50. The average Bonchev–Trinajstić information content (AvgIpc) is 3.48. The first kappa shape index (κ1) is 18.4. The Balaban J connectivity index is 1.56. The minimum absolute atomic E-state index is 0.110. The highest BCUT2D eigenvalue weighted by molar-refractivity contribution is 5.91. The number of esters is 1. The third-order valence-corrected chi connectivity index (χ3v) is 5.11. The Hall–Kier alpha value is -2.42. The molecule has 3 nitrogen and oxygen atoms in total. The molecule has 1 saturated carbocycles. The zero-order valence-electron chi connectivity index (χ0n) is 15.3. The first-order valence-corrected chi connectivity index (χ1v) is 9.50. The van der Waals surface area contributed by atoms with E-state index in [1.165, 1.54) is 11.1 Å². The van der Waals surface area contributed by atoms with Crippen molar-refractivity contribution in [3.8, 4) is 0 Å². The molecule has 3 rings (SSSR count). The van der Waals surface area contributed by atoms with Crippen LogP contribution in [0, 0.1) is 11.8 Å². The van der Waals surface area contributed by atoms with Gasteiger partial charge < -0.3 is 4.74 Å². The van der Waals surface area contributed by atoms with E-state index in [1.54, 1.807) is 6.92 Å². The summed E-state index contributed by atoms with van der Waals surface area (Å²) in [6.07, 6.45) is 2.96. The van der Waals surface area contributed by atoms with Crippen LogP contribution in [0.15, 0.2) is 60.7 Å². The van der Waals surface area contributed by atoms with Gasteiger partial charge >= 0.3 is 5.97 Å². The fraction of sp³-hybridized carbons (Fsp3) is 0.391. The van der Waals surface area contributed by atoms with Gasteiger partial charge in [0.2, 0.25) is 0 Å². The van der Waals surface area contributed by atoms with Gasteiger partial charge in [0, 0.05) is 18.3 Å². The van der Waals surface area contributed by atoms with Gasteiger partial charge in [0.1, 0.15) is 5.78 Å². The third kappa shape index (κ3) is 4.60. The molecule has 0 amide bonds. The molecule has 0 N–H and O–H groups in total. The molecule has 3 heteroatoms. The summed E-state index contributed by atoms with van der Waals surface area (Å²) in [5.74, 6) is -0.00655. The van der Waals surface area contributed by atoms with Gasteiger partial charge in [0.05, 0.1) is 12.5 Å². The van der Waals surface area contributed by atoms with Crippen LogP contribution in [0.2, 0.25) is 0 Å². The Morgan fingerprint density at radius 3 is 2.08 bits per heavy atom. The molecule has 0 unspecified atom stereocenters. The maximum absolute atomic E-state index is 12.4. The van der Waals surface area contributed by atoms with Crippen molar-refractivity contribution >= 4 is 11.8 Å². The largest absolute Gasteiger partial charge is 0.466 e. The van der Waals surface area contributed by atoms with Crippen molar-refractivity contribution in [2.24, 2.45) is 11.8 Å². The van der Waals surface area contributed by atoms with E-state index < -0.39 is 0 Å². The van der Waals surface area contributed by atoms with Crippen LogP contribution >= 0.6 is 0 Å². The summed E-state index contributed by atoms with van der Waals surface area (Å²) >= 11 is 0. The van der Waals surface area contributed by atoms with Crippen LogP contribution in [0.4, 0.5) is 0 Å². The highest BCUT2D eigenvalue weighted by Crippen LogP contribution is 2.41. The van der Waals surface area contributed by atoms with Crippen molar-refractivity contribution in [3.05, 3.63) is 71.8 Å². The molecule has 2 aromatic carbocycles. The molecule has 0 bridgehead atoms. The number of ether oxygens (including phenoxy) is 1. The lowest BCUT2D eigenvalue weighted by atomic mass is 9.86. The summed E-state index contributed by atoms with van der Waals surface area (Å²) in [6.45, 7) is 2.18. The molecule has 0 spiro atoms. The second-order valence-corrected chi connectivity index (χ2v) is 6.93. The van der Waals surface area contributed by atoms with Crippen molar-refractivity contribution in [1.29, 1.82) is 0 Å². The molecule has 0 aromatic heterocycles. The van der Waals surface area contributed by atoms with Crippen molar-refractivity contribution in [2.45, 2.75) is 38.5 Å². The molecule has 26 heavy (non-hydrogen) atoms. The van der Waals surface area contributed by atoms with Crippen molar-refractivity contribution in [1.82, 2.24) is 0 Å². The van der Waals surface area contributed by atoms with Gasteiger partial charge in [-0.1, -0.05) is 60.7 Å². The number of Topliss-reactive ketones (excluding diaryl/α,β-unsaturated/α-hetero) is 1. The van der Waals surface area contributed by atoms with Crippen molar-refractivity contribution < 1.29 is 14.3 Å². The number of hydrogen-bond acceptors (Lipinski definition) is 3. The fourth-order valence-corrected chi connectivity index (χ4v) is 3.62. The van der Waals surface area contributed by atoms with Crippen LogP contribution in [0.25, 0.3) is 0 Å². The summed E-state index contributed by atoms with van der Waals surface area (Å²) in [4.78, 5) is 24.1. The van der Waals surface area contributed by atoms with Gasteiger partial charge in [0.25, 0.3) is 0 Å². The highest BCUT2D eigenvalue weighted by atomic mass is 16.5. The zero-order valence-corrected chi connectivity index (χ0v) is 15.3. The van der Waals surface area contributed by atoms with Crippen LogP contribution in [0.3, 0.4) is 0 Å². The summed E-state index contributed by atoms with van der Waals surface area (Å²) < 4.78 is 5.01. The second kappa shape index (κ2) is 8.79. The van der Waals surface area contributed by atoms with Gasteiger partial charge in [-0.2, -0.15) is 0 Å². The Labute approximate surface area is 155 Å². The maximum atomic E-state index is 12.4. The van der Waals surface area contributed by atoms with E-state index in [9.17, 15) is 9.59 Å². The topological polar surface area (TPSA) is 43.4 Å². The van der Waals surface area contributed by atoms with Gasteiger partial charge in [-0.05, 0) is 37.3 Å². The molecule has 1 aliphatic rings. The zero-order chi connectivity index (χ0) is 18.4. The molecule has 0 aliphatic heterocycles. The molecular formula is C23H26O3. The normalized spacial score (nSPS) is 18.5. The SMILES string of the molecule is CCOC(=O)[C@H]1C[C@@H]1C(=O)CCCC(c1ccccc1)c1ccccc1. The van der Waals surface area contributed by atoms with E-state index in [2.05, 4.69) is 48.5 Å². The Morgan fingerprint density at radius 1 is 0.962 bits per heavy atom. The van der Waals surface area contributed by atoms with Gasteiger partial charge in [-0.3, -0.25) is 9.59 Å². The number of rotatable bonds is 9. The van der Waals surface area contributed by atoms with Crippen LogP contribution in [-0.2, 0) is 14.3 Å². The first-order chi connectivity index (χ1) is 12.7. The van der Waals surface area contributed by atoms with Gasteiger partial charge in [0.15, 0.2) is 0 Å². The molecular weight excluding hydrogens is 324 g/mol.